The van der Waals surface area contributed by atoms with Gasteiger partial charge in [-0.05, 0) is 24.1 Å². The van der Waals surface area contributed by atoms with E-state index in [1.54, 1.807) is 0 Å². The van der Waals surface area contributed by atoms with E-state index in [0.29, 0.717) is 22.8 Å². The molecule has 1 aromatic carbocycles. The van der Waals surface area contributed by atoms with Crippen molar-refractivity contribution in [2.75, 3.05) is 17.2 Å². The normalized spacial score (nSPS) is 22.3. The molecule has 0 amide bonds. The predicted octanol–water partition coefficient (Wildman–Crippen LogP) is 3.54. The van der Waals surface area contributed by atoms with Crippen molar-refractivity contribution < 1.29 is 4.52 Å². The molecule has 1 aliphatic rings. The van der Waals surface area contributed by atoms with Crippen molar-refractivity contribution in [3.8, 4) is 0 Å². The minimum atomic E-state index is 0.354. The third kappa shape index (κ3) is 3.55. The molecule has 0 saturated carbocycles. The number of nitrogens with two attached hydrogens (primary N) is 1. The van der Waals surface area contributed by atoms with Crippen molar-refractivity contribution in [2.45, 2.75) is 30.3 Å². The van der Waals surface area contributed by atoms with Crippen molar-refractivity contribution in [1.29, 1.82) is 0 Å². The van der Waals surface area contributed by atoms with Gasteiger partial charge in [0.05, 0.1) is 11.7 Å². The van der Waals surface area contributed by atoms with Crippen LogP contribution in [-0.2, 0) is 6.42 Å². The van der Waals surface area contributed by atoms with Gasteiger partial charge < -0.3 is 10.3 Å². The summed E-state index contributed by atoms with van der Waals surface area (Å²) in [4.78, 5) is 4.60. The van der Waals surface area contributed by atoms with Gasteiger partial charge in [0.2, 0.25) is 5.89 Å². The monoisotopic (exact) mass is 321 g/mol. The fraction of sp³-hybridized carbons (Fsp3) is 0.467. The van der Waals surface area contributed by atoms with Crippen molar-refractivity contribution in [2.24, 2.45) is 0 Å². The number of hydrogen-bond acceptors (Lipinski definition) is 6. The second-order valence-electron chi connectivity index (χ2n) is 5.08. The molecule has 0 radical (unpaired) electrons. The third-order valence-corrected chi connectivity index (χ3v) is 6.74. The number of hydrogen-bond donors (Lipinski definition) is 1. The Kier molecular flexibility index (Phi) is 4.75. The summed E-state index contributed by atoms with van der Waals surface area (Å²) >= 11 is 3.97. The molecule has 0 aliphatic carbocycles. The standard InChI is InChI=1S/C15H19N3OS2/c1-2-12-14(21-7-6-20-12)15-17-13(19-18-15)9-10-4-3-5-11(16)8-10/h3-5,8,12,14H,2,6-7,9,16H2,1H3. The van der Waals surface area contributed by atoms with Crippen LogP contribution in [0, 0.1) is 0 Å². The number of rotatable bonds is 4. The maximum atomic E-state index is 5.80. The van der Waals surface area contributed by atoms with Crippen LogP contribution in [0.15, 0.2) is 28.8 Å². The molecule has 2 aromatic rings. The SMILES string of the molecule is CCC1SCCSC1c1noc(Cc2cccc(N)c2)n1. The van der Waals surface area contributed by atoms with Crippen molar-refractivity contribution in [1.82, 2.24) is 10.1 Å². The zero-order valence-electron chi connectivity index (χ0n) is 12.0. The van der Waals surface area contributed by atoms with Crippen LogP contribution < -0.4 is 5.73 Å². The van der Waals surface area contributed by atoms with E-state index in [-0.39, 0.29) is 0 Å². The molecular weight excluding hydrogens is 302 g/mol. The summed E-state index contributed by atoms with van der Waals surface area (Å²) in [7, 11) is 0. The average molecular weight is 321 g/mol. The maximum Gasteiger partial charge on any atom is 0.231 e. The highest BCUT2D eigenvalue weighted by atomic mass is 32.2. The highest BCUT2D eigenvalue weighted by molar-refractivity contribution is 8.06. The van der Waals surface area contributed by atoms with E-state index in [2.05, 4.69) is 17.1 Å². The number of nitrogen functional groups attached to an aromatic ring is 1. The molecule has 1 aliphatic heterocycles. The van der Waals surface area contributed by atoms with Gasteiger partial charge in [0.1, 0.15) is 0 Å². The fourth-order valence-corrected chi connectivity index (χ4v) is 5.46. The summed E-state index contributed by atoms with van der Waals surface area (Å²) < 4.78 is 5.43. The first-order chi connectivity index (χ1) is 10.3. The van der Waals surface area contributed by atoms with E-state index in [9.17, 15) is 0 Å². The van der Waals surface area contributed by atoms with Gasteiger partial charge in [-0.1, -0.05) is 24.2 Å². The Morgan fingerprint density at radius 3 is 3.00 bits per heavy atom. The lowest BCUT2D eigenvalue weighted by Gasteiger charge is -2.27. The van der Waals surface area contributed by atoms with Crippen LogP contribution in [0.2, 0.25) is 0 Å². The molecule has 2 unspecified atom stereocenters. The average Bonchev–Trinajstić information content (AvgIpc) is 2.95. The lowest BCUT2D eigenvalue weighted by Crippen LogP contribution is -2.19. The molecule has 3 rings (SSSR count). The molecule has 2 atom stereocenters. The van der Waals surface area contributed by atoms with E-state index in [0.717, 1.165) is 29.2 Å². The summed E-state index contributed by atoms with van der Waals surface area (Å²) in [6, 6.07) is 7.80. The van der Waals surface area contributed by atoms with Crippen LogP contribution in [0.5, 0.6) is 0 Å². The Hall–Kier alpha value is -1.14. The minimum absolute atomic E-state index is 0.354. The van der Waals surface area contributed by atoms with Crippen LogP contribution in [0.4, 0.5) is 5.69 Å². The maximum absolute atomic E-state index is 5.80. The molecule has 1 fully saturated rings. The molecule has 21 heavy (non-hydrogen) atoms. The van der Waals surface area contributed by atoms with E-state index < -0.39 is 0 Å². The van der Waals surface area contributed by atoms with E-state index in [1.165, 1.54) is 5.75 Å². The number of thioether (sulfide) groups is 2. The Labute approximate surface area is 133 Å². The Balaban J connectivity index is 1.73. The molecule has 1 aromatic heterocycles. The molecule has 6 heteroatoms. The molecule has 112 valence electrons. The smallest absolute Gasteiger partial charge is 0.231 e. The lowest BCUT2D eigenvalue weighted by atomic mass is 10.1. The summed E-state index contributed by atoms with van der Waals surface area (Å²) in [6.07, 6.45) is 1.78. The summed E-state index contributed by atoms with van der Waals surface area (Å²) in [5.41, 5.74) is 7.66. The Bertz CT molecular complexity index is 602. The van der Waals surface area contributed by atoms with Crippen LogP contribution in [0.25, 0.3) is 0 Å². The molecule has 2 N–H and O–H groups in total. The van der Waals surface area contributed by atoms with Gasteiger partial charge in [0.25, 0.3) is 0 Å². The van der Waals surface area contributed by atoms with Gasteiger partial charge in [0.15, 0.2) is 5.82 Å². The van der Waals surface area contributed by atoms with E-state index in [1.807, 2.05) is 47.8 Å². The summed E-state index contributed by atoms with van der Waals surface area (Å²) in [5.74, 6) is 3.89. The first-order valence-electron chi connectivity index (χ1n) is 7.16. The molecule has 1 saturated heterocycles. The van der Waals surface area contributed by atoms with Crippen LogP contribution in [0.1, 0.15) is 35.9 Å². The van der Waals surface area contributed by atoms with E-state index in [4.69, 9.17) is 10.3 Å². The number of aromatic nitrogens is 2. The van der Waals surface area contributed by atoms with Gasteiger partial charge in [0, 0.05) is 22.4 Å². The van der Waals surface area contributed by atoms with Crippen molar-refractivity contribution in [3.63, 3.8) is 0 Å². The summed E-state index contributed by atoms with van der Waals surface area (Å²) in [6.45, 7) is 2.23. The quantitative estimate of drug-likeness (QED) is 0.869. The molecule has 0 spiro atoms. The number of nitrogens with zero attached hydrogens (tertiary/aromatic N) is 2. The highest BCUT2D eigenvalue weighted by Gasteiger charge is 2.30. The van der Waals surface area contributed by atoms with Crippen LogP contribution >= 0.6 is 23.5 Å². The van der Waals surface area contributed by atoms with Gasteiger partial charge >= 0.3 is 0 Å². The largest absolute Gasteiger partial charge is 0.399 e. The van der Waals surface area contributed by atoms with Gasteiger partial charge in [-0.2, -0.15) is 16.7 Å². The fourth-order valence-electron chi connectivity index (χ4n) is 2.48. The van der Waals surface area contributed by atoms with Crippen molar-refractivity contribution >= 4 is 29.2 Å². The minimum Gasteiger partial charge on any atom is -0.399 e. The first-order valence-corrected chi connectivity index (χ1v) is 9.26. The first kappa shape index (κ1) is 14.8. The molecule has 2 heterocycles. The van der Waals surface area contributed by atoms with Gasteiger partial charge in [-0.25, -0.2) is 0 Å². The zero-order chi connectivity index (χ0) is 14.7. The number of benzene rings is 1. The topological polar surface area (TPSA) is 64.9 Å². The Morgan fingerprint density at radius 2 is 2.19 bits per heavy atom. The molecule has 0 bridgehead atoms. The second-order valence-corrected chi connectivity index (χ2v) is 7.67. The summed E-state index contributed by atoms with van der Waals surface area (Å²) in [5, 5.41) is 5.14. The lowest BCUT2D eigenvalue weighted by molar-refractivity contribution is 0.378. The molecule has 4 nitrogen and oxygen atoms in total. The van der Waals surface area contributed by atoms with Crippen LogP contribution in [-0.4, -0.2) is 26.9 Å². The van der Waals surface area contributed by atoms with E-state index >= 15 is 0 Å². The van der Waals surface area contributed by atoms with Crippen LogP contribution in [0.3, 0.4) is 0 Å². The van der Waals surface area contributed by atoms with Crippen molar-refractivity contribution in [3.05, 3.63) is 41.5 Å². The number of anilines is 1. The Morgan fingerprint density at radius 1 is 1.33 bits per heavy atom. The molecular formula is C15H19N3OS2. The van der Waals surface area contributed by atoms with Gasteiger partial charge in [-0.3, -0.25) is 0 Å². The third-order valence-electron chi connectivity index (χ3n) is 3.50. The highest BCUT2D eigenvalue weighted by Crippen LogP contribution is 2.42. The van der Waals surface area contributed by atoms with Gasteiger partial charge in [-0.15, -0.1) is 11.8 Å². The zero-order valence-corrected chi connectivity index (χ0v) is 13.6. The second kappa shape index (κ2) is 6.75. The predicted molar refractivity (Wildman–Crippen MR) is 89.7 cm³/mol.